The minimum Gasteiger partial charge on any atom is -0.384 e. The summed E-state index contributed by atoms with van der Waals surface area (Å²) >= 11 is 0. The first kappa shape index (κ1) is 15.3. The molecule has 0 saturated carbocycles. The number of ether oxygens (including phenoxy) is 1. The molecule has 1 aliphatic heterocycles. The van der Waals surface area contributed by atoms with Crippen LogP contribution in [0.4, 0.5) is 5.69 Å². The van der Waals surface area contributed by atoms with E-state index in [1.807, 2.05) is 19.2 Å². The number of hydrogen-bond acceptors (Lipinski definition) is 4. The lowest BCUT2D eigenvalue weighted by atomic mass is 10.0. The van der Waals surface area contributed by atoms with E-state index in [4.69, 9.17) is 4.74 Å². The maximum absolute atomic E-state index is 12.3. The van der Waals surface area contributed by atoms with Crippen molar-refractivity contribution >= 4 is 15.7 Å². The van der Waals surface area contributed by atoms with Crippen molar-refractivity contribution < 1.29 is 13.2 Å². The van der Waals surface area contributed by atoms with Gasteiger partial charge in [-0.25, -0.2) is 8.42 Å². The summed E-state index contributed by atoms with van der Waals surface area (Å²) in [6.07, 6.45) is 0.770. The van der Waals surface area contributed by atoms with E-state index in [9.17, 15) is 8.42 Å². The number of anilines is 1. The van der Waals surface area contributed by atoms with Crippen molar-refractivity contribution in [1.29, 1.82) is 0 Å². The Kier molecular flexibility index (Phi) is 4.67. The summed E-state index contributed by atoms with van der Waals surface area (Å²) in [6.45, 7) is 2.84. The Morgan fingerprint density at radius 3 is 2.85 bits per heavy atom. The molecule has 1 N–H and O–H groups in total. The summed E-state index contributed by atoms with van der Waals surface area (Å²) in [4.78, 5) is 0. The number of nitrogens with zero attached hydrogens (tertiary/aromatic N) is 1. The molecule has 1 aliphatic rings. The molecule has 1 heterocycles. The number of nitrogens with one attached hydrogen (secondary N) is 1. The van der Waals surface area contributed by atoms with Gasteiger partial charge in [-0.3, -0.25) is 4.31 Å². The van der Waals surface area contributed by atoms with Gasteiger partial charge in [-0.1, -0.05) is 12.1 Å². The lowest BCUT2D eigenvalue weighted by molar-refractivity contribution is 0.217. The molecule has 112 valence electrons. The Morgan fingerprint density at radius 1 is 1.45 bits per heavy atom. The fraction of sp³-hybridized carbons (Fsp3) is 0.571. The standard InChI is InChI=1S/C14H22N2O3S/c1-11(15-2)12-4-5-14-13(10-12)6-7-16(14)20(17,18)9-8-19-3/h4-5,10-11,15H,6-9H2,1-3H3. The first-order valence-corrected chi connectivity index (χ1v) is 8.40. The molecular formula is C14H22N2O3S. The summed E-state index contributed by atoms with van der Waals surface area (Å²) < 4.78 is 30.9. The van der Waals surface area contributed by atoms with Gasteiger partial charge < -0.3 is 10.1 Å². The lowest BCUT2D eigenvalue weighted by Gasteiger charge is -2.20. The number of methoxy groups -OCH3 is 1. The van der Waals surface area contributed by atoms with Crippen molar-refractivity contribution in [2.24, 2.45) is 0 Å². The first-order valence-electron chi connectivity index (χ1n) is 6.79. The van der Waals surface area contributed by atoms with Crippen molar-refractivity contribution in [3.63, 3.8) is 0 Å². The second-order valence-electron chi connectivity index (χ2n) is 5.03. The van der Waals surface area contributed by atoms with Crippen LogP contribution >= 0.6 is 0 Å². The van der Waals surface area contributed by atoms with Gasteiger partial charge in [-0.15, -0.1) is 0 Å². The van der Waals surface area contributed by atoms with Crippen LogP contribution in [-0.2, 0) is 21.2 Å². The highest BCUT2D eigenvalue weighted by atomic mass is 32.2. The lowest BCUT2D eigenvalue weighted by Crippen LogP contribution is -2.32. The molecule has 0 aliphatic carbocycles. The summed E-state index contributed by atoms with van der Waals surface area (Å²) in [5.74, 6) is 0.0254. The van der Waals surface area contributed by atoms with Crippen LogP contribution in [0.25, 0.3) is 0 Å². The van der Waals surface area contributed by atoms with Crippen molar-refractivity contribution in [2.75, 3.05) is 37.4 Å². The maximum atomic E-state index is 12.3. The molecule has 1 aromatic rings. The quantitative estimate of drug-likeness (QED) is 0.860. The smallest absolute Gasteiger partial charge is 0.237 e. The molecule has 0 bridgehead atoms. The molecule has 0 spiro atoms. The van der Waals surface area contributed by atoms with Crippen molar-refractivity contribution in [1.82, 2.24) is 5.32 Å². The molecule has 0 amide bonds. The third-order valence-corrected chi connectivity index (χ3v) is 5.50. The Balaban J connectivity index is 2.26. The van der Waals surface area contributed by atoms with Crippen molar-refractivity contribution in [2.45, 2.75) is 19.4 Å². The fourth-order valence-electron chi connectivity index (χ4n) is 2.42. The second kappa shape index (κ2) is 6.11. The largest absolute Gasteiger partial charge is 0.384 e. The number of sulfonamides is 1. The average molecular weight is 298 g/mol. The third-order valence-electron chi connectivity index (χ3n) is 3.77. The zero-order chi connectivity index (χ0) is 14.8. The number of benzene rings is 1. The second-order valence-corrected chi connectivity index (χ2v) is 7.04. The molecule has 2 rings (SSSR count). The Hall–Kier alpha value is -1.11. The molecule has 0 saturated heterocycles. The average Bonchev–Trinajstić information content (AvgIpc) is 2.88. The summed E-state index contributed by atoms with van der Waals surface area (Å²) in [5.41, 5.74) is 3.10. The third kappa shape index (κ3) is 2.97. The van der Waals surface area contributed by atoms with Crippen LogP contribution in [-0.4, -0.2) is 41.5 Å². The van der Waals surface area contributed by atoms with Crippen LogP contribution in [0.5, 0.6) is 0 Å². The fourth-order valence-corrected chi connectivity index (χ4v) is 3.86. The zero-order valence-corrected chi connectivity index (χ0v) is 13.0. The van der Waals surface area contributed by atoms with Gasteiger partial charge in [0.25, 0.3) is 0 Å². The van der Waals surface area contributed by atoms with Crippen LogP contribution in [0, 0.1) is 0 Å². The Bertz CT molecular complexity index is 572. The minimum atomic E-state index is -3.28. The van der Waals surface area contributed by atoms with Gasteiger partial charge in [0.15, 0.2) is 0 Å². The van der Waals surface area contributed by atoms with E-state index in [0.29, 0.717) is 6.54 Å². The minimum absolute atomic E-state index is 0.0254. The molecule has 0 radical (unpaired) electrons. The molecule has 1 aromatic carbocycles. The monoisotopic (exact) mass is 298 g/mol. The van der Waals surface area contributed by atoms with Crippen LogP contribution < -0.4 is 9.62 Å². The van der Waals surface area contributed by atoms with Crippen LogP contribution in [0.15, 0.2) is 18.2 Å². The Labute approximate surface area is 121 Å². The molecule has 1 unspecified atom stereocenters. The van der Waals surface area contributed by atoms with Gasteiger partial charge in [-0.2, -0.15) is 0 Å². The van der Waals surface area contributed by atoms with E-state index in [0.717, 1.165) is 17.7 Å². The predicted molar refractivity (Wildman–Crippen MR) is 80.6 cm³/mol. The van der Waals surface area contributed by atoms with E-state index < -0.39 is 10.0 Å². The van der Waals surface area contributed by atoms with Gasteiger partial charge in [0.05, 0.1) is 18.0 Å². The normalized spacial score (nSPS) is 16.2. The van der Waals surface area contributed by atoms with Crippen molar-refractivity contribution in [3.05, 3.63) is 29.3 Å². The SMILES string of the molecule is CNC(C)c1ccc2c(c1)CCN2S(=O)(=O)CCOC. The number of fused-ring (bicyclic) bond motifs is 1. The summed E-state index contributed by atoms with van der Waals surface area (Å²) in [7, 11) is 0.147. The molecule has 6 heteroatoms. The van der Waals surface area contributed by atoms with E-state index in [1.54, 1.807) is 0 Å². The van der Waals surface area contributed by atoms with Gasteiger partial charge in [0, 0.05) is 19.7 Å². The van der Waals surface area contributed by atoms with Crippen LogP contribution in [0.2, 0.25) is 0 Å². The maximum Gasteiger partial charge on any atom is 0.237 e. The summed E-state index contributed by atoms with van der Waals surface area (Å²) in [6, 6.07) is 6.27. The Morgan fingerprint density at radius 2 is 2.20 bits per heavy atom. The number of rotatable bonds is 6. The van der Waals surface area contributed by atoms with Gasteiger partial charge in [0.1, 0.15) is 0 Å². The number of hydrogen-bond donors (Lipinski definition) is 1. The van der Waals surface area contributed by atoms with Gasteiger partial charge in [-0.05, 0) is 37.6 Å². The molecule has 1 atom stereocenters. The highest BCUT2D eigenvalue weighted by Crippen LogP contribution is 2.32. The van der Waals surface area contributed by atoms with Crippen molar-refractivity contribution in [3.8, 4) is 0 Å². The van der Waals surface area contributed by atoms with E-state index in [-0.39, 0.29) is 18.4 Å². The summed E-state index contributed by atoms with van der Waals surface area (Å²) in [5, 5.41) is 3.19. The van der Waals surface area contributed by atoms with E-state index in [2.05, 4.69) is 18.3 Å². The van der Waals surface area contributed by atoms with E-state index in [1.165, 1.54) is 17.0 Å². The zero-order valence-electron chi connectivity index (χ0n) is 12.2. The highest BCUT2D eigenvalue weighted by molar-refractivity contribution is 7.92. The van der Waals surface area contributed by atoms with Gasteiger partial charge in [0.2, 0.25) is 10.0 Å². The molecule has 0 aromatic heterocycles. The topological polar surface area (TPSA) is 58.6 Å². The first-order chi connectivity index (χ1) is 9.49. The highest BCUT2D eigenvalue weighted by Gasteiger charge is 2.29. The predicted octanol–water partition coefficient (Wildman–Crippen LogP) is 1.31. The van der Waals surface area contributed by atoms with Crippen LogP contribution in [0.1, 0.15) is 24.1 Å². The molecule has 5 nitrogen and oxygen atoms in total. The van der Waals surface area contributed by atoms with E-state index >= 15 is 0 Å². The molecular weight excluding hydrogens is 276 g/mol. The van der Waals surface area contributed by atoms with Crippen LogP contribution in [0.3, 0.4) is 0 Å². The molecule has 0 fully saturated rings. The van der Waals surface area contributed by atoms with Gasteiger partial charge >= 0.3 is 0 Å². The molecule has 20 heavy (non-hydrogen) atoms.